The van der Waals surface area contributed by atoms with Crippen LogP contribution in [0.4, 0.5) is 11.4 Å². The molecule has 1 saturated heterocycles. The Hall–Kier alpha value is -3.00. The van der Waals surface area contributed by atoms with E-state index in [0.717, 1.165) is 19.8 Å². The molecular formula is C35H44N2. The maximum absolute atomic E-state index is 2.65. The van der Waals surface area contributed by atoms with E-state index in [1.807, 2.05) is 0 Å². The number of rotatable bonds is 6. The molecule has 0 bridgehead atoms. The fourth-order valence-electron chi connectivity index (χ4n) is 5.99. The van der Waals surface area contributed by atoms with E-state index in [9.17, 15) is 0 Å². The number of hydrogen-bond donors (Lipinski definition) is 0. The van der Waals surface area contributed by atoms with Crippen molar-refractivity contribution in [1.82, 2.24) is 0 Å². The summed E-state index contributed by atoms with van der Waals surface area (Å²) in [5.41, 5.74) is 8.63. The fraction of sp³-hybridized carbons (Fsp3) is 0.429. The molecule has 0 spiro atoms. The predicted molar refractivity (Wildman–Crippen MR) is 164 cm³/mol. The summed E-state index contributed by atoms with van der Waals surface area (Å²) >= 11 is 0. The number of benzene rings is 4. The van der Waals surface area contributed by atoms with E-state index in [-0.39, 0.29) is 0 Å². The van der Waals surface area contributed by atoms with Gasteiger partial charge in [-0.1, -0.05) is 104 Å². The molecule has 1 heterocycles. The fourth-order valence-corrected chi connectivity index (χ4v) is 5.99. The zero-order valence-electron chi connectivity index (χ0n) is 24.1. The van der Waals surface area contributed by atoms with Gasteiger partial charge in [-0.2, -0.15) is 0 Å². The third kappa shape index (κ3) is 4.72. The van der Waals surface area contributed by atoms with Gasteiger partial charge in [0.1, 0.15) is 0 Å². The van der Waals surface area contributed by atoms with Crippen LogP contribution in [-0.4, -0.2) is 19.8 Å². The van der Waals surface area contributed by atoms with Crippen LogP contribution in [0.15, 0.2) is 60.7 Å². The highest BCUT2D eigenvalue weighted by atomic mass is 15.4. The second kappa shape index (κ2) is 10.0. The Balaban J connectivity index is 1.64. The Morgan fingerprint density at radius 2 is 0.865 bits per heavy atom. The molecule has 37 heavy (non-hydrogen) atoms. The average molecular weight is 493 g/mol. The van der Waals surface area contributed by atoms with Crippen molar-refractivity contribution >= 4 is 32.9 Å². The van der Waals surface area contributed by atoms with E-state index < -0.39 is 0 Å². The molecule has 4 aromatic carbocycles. The molecule has 1 aliphatic heterocycles. The van der Waals surface area contributed by atoms with Crippen molar-refractivity contribution in [2.45, 2.75) is 79.1 Å². The Morgan fingerprint density at radius 1 is 0.486 bits per heavy atom. The molecule has 0 radical (unpaired) electrons. The minimum atomic E-state index is 0.480. The van der Waals surface area contributed by atoms with Crippen LogP contribution in [0.3, 0.4) is 0 Å². The summed E-state index contributed by atoms with van der Waals surface area (Å²) < 4.78 is 0. The minimum absolute atomic E-state index is 0.480. The Labute approximate surface area is 224 Å². The van der Waals surface area contributed by atoms with Gasteiger partial charge in [0.05, 0.1) is 6.67 Å². The first kappa shape index (κ1) is 25.6. The third-order valence-corrected chi connectivity index (χ3v) is 8.29. The molecule has 0 unspecified atom stereocenters. The van der Waals surface area contributed by atoms with E-state index in [2.05, 4.69) is 126 Å². The third-order valence-electron chi connectivity index (χ3n) is 8.29. The van der Waals surface area contributed by atoms with Crippen molar-refractivity contribution in [3.8, 4) is 0 Å². The molecular weight excluding hydrogens is 448 g/mol. The molecule has 194 valence electrons. The number of fused-ring (bicyclic) bond motifs is 2. The summed E-state index contributed by atoms with van der Waals surface area (Å²) in [6, 6.07) is 23.5. The van der Waals surface area contributed by atoms with Crippen molar-refractivity contribution < 1.29 is 0 Å². The standard InChI is InChI=1S/C35H44N2/c1-22(2)28-11-9-26-13-15-30(24(5)6)34(32(26)19-28)36-17-18-37(21-36)35-31(25(7)8)16-14-27-10-12-29(23(3)4)20-33(27)35/h9-16,19-20,22-25H,17-18,21H2,1-8H3. The van der Waals surface area contributed by atoms with Crippen LogP contribution < -0.4 is 9.80 Å². The van der Waals surface area contributed by atoms with Crippen molar-refractivity contribution in [3.63, 3.8) is 0 Å². The zero-order valence-corrected chi connectivity index (χ0v) is 24.1. The second-order valence-corrected chi connectivity index (χ2v) is 12.3. The Morgan fingerprint density at radius 3 is 1.22 bits per heavy atom. The van der Waals surface area contributed by atoms with Crippen molar-refractivity contribution in [1.29, 1.82) is 0 Å². The molecule has 4 aromatic rings. The topological polar surface area (TPSA) is 6.48 Å². The van der Waals surface area contributed by atoms with Gasteiger partial charge in [-0.3, -0.25) is 0 Å². The molecule has 5 rings (SSSR count). The van der Waals surface area contributed by atoms with Gasteiger partial charge in [-0.25, -0.2) is 0 Å². The largest absolute Gasteiger partial charge is 0.351 e. The lowest BCUT2D eigenvalue weighted by Crippen LogP contribution is -2.27. The lowest BCUT2D eigenvalue weighted by atomic mass is 9.92. The van der Waals surface area contributed by atoms with Gasteiger partial charge in [0, 0.05) is 35.2 Å². The second-order valence-electron chi connectivity index (χ2n) is 12.3. The van der Waals surface area contributed by atoms with Gasteiger partial charge in [0.25, 0.3) is 0 Å². The van der Waals surface area contributed by atoms with Gasteiger partial charge >= 0.3 is 0 Å². The lowest BCUT2D eigenvalue weighted by molar-refractivity contribution is 0.839. The maximum atomic E-state index is 2.65. The monoisotopic (exact) mass is 492 g/mol. The van der Waals surface area contributed by atoms with Crippen molar-refractivity contribution in [3.05, 3.63) is 82.9 Å². The summed E-state index contributed by atoms with van der Waals surface area (Å²) in [7, 11) is 0. The molecule has 1 aliphatic rings. The van der Waals surface area contributed by atoms with Crippen LogP contribution in [-0.2, 0) is 0 Å². The number of anilines is 2. The van der Waals surface area contributed by atoms with E-state index >= 15 is 0 Å². The maximum Gasteiger partial charge on any atom is 0.0904 e. The summed E-state index contributed by atoms with van der Waals surface area (Å²) in [6.07, 6.45) is 0. The molecule has 2 nitrogen and oxygen atoms in total. The average Bonchev–Trinajstić information content (AvgIpc) is 3.35. The van der Waals surface area contributed by atoms with Crippen LogP contribution in [0.1, 0.15) is 101 Å². The van der Waals surface area contributed by atoms with E-state index in [1.54, 1.807) is 0 Å². The number of nitrogens with zero attached hydrogens (tertiary/aromatic N) is 2. The first-order chi connectivity index (χ1) is 17.7. The van der Waals surface area contributed by atoms with Gasteiger partial charge in [-0.15, -0.1) is 0 Å². The van der Waals surface area contributed by atoms with Crippen molar-refractivity contribution in [2.75, 3.05) is 29.6 Å². The van der Waals surface area contributed by atoms with Crippen LogP contribution in [0.2, 0.25) is 0 Å². The van der Waals surface area contributed by atoms with Crippen LogP contribution in [0, 0.1) is 0 Å². The predicted octanol–water partition coefficient (Wildman–Crippen LogP) is 9.77. The van der Waals surface area contributed by atoms with E-state index in [4.69, 9.17) is 0 Å². The van der Waals surface area contributed by atoms with Crippen LogP contribution in [0.5, 0.6) is 0 Å². The van der Waals surface area contributed by atoms with E-state index in [0.29, 0.717) is 23.7 Å². The molecule has 0 aliphatic carbocycles. The molecule has 1 fully saturated rings. The summed E-state index contributed by atoms with van der Waals surface area (Å²) in [4.78, 5) is 5.30. The highest BCUT2D eigenvalue weighted by Crippen LogP contribution is 2.41. The number of hydrogen-bond acceptors (Lipinski definition) is 2. The summed E-state index contributed by atoms with van der Waals surface area (Å²) in [5.74, 6) is 2.01. The molecule has 0 saturated carbocycles. The molecule has 0 atom stereocenters. The van der Waals surface area contributed by atoms with Gasteiger partial charge < -0.3 is 9.80 Å². The molecule has 2 heteroatoms. The lowest BCUT2D eigenvalue weighted by Gasteiger charge is -2.29. The highest BCUT2D eigenvalue weighted by molar-refractivity contribution is 5.99. The summed E-state index contributed by atoms with van der Waals surface area (Å²) in [6.45, 7) is 21.5. The normalized spacial score (nSPS) is 14.5. The first-order valence-corrected chi connectivity index (χ1v) is 14.3. The molecule has 0 amide bonds. The van der Waals surface area contributed by atoms with Gasteiger partial charge in [-0.05, 0) is 68.8 Å². The molecule has 0 aromatic heterocycles. The Bertz CT molecular complexity index is 1310. The Kier molecular flexibility index (Phi) is 6.96. The summed E-state index contributed by atoms with van der Waals surface area (Å²) in [5, 5.41) is 5.50. The SMILES string of the molecule is CC(C)c1ccc2ccc(C(C)C)c(N3CCN(c4c(C(C)C)ccc5ccc(C(C)C)cc45)C3)c2c1. The smallest absolute Gasteiger partial charge is 0.0904 e. The van der Waals surface area contributed by atoms with Gasteiger partial charge in [0.15, 0.2) is 0 Å². The first-order valence-electron chi connectivity index (χ1n) is 14.3. The minimum Gasteiger partial charge on any atom is -0.351 e. The quantitative estimate of drug-likeness (QED) is 0.264. The van der Waals surface area contributed by atoms with Crippen molar-refractivity contribution in [2.24, 2.45) is 0 Å². The van der Waals surface area contributed by atoms with Gasteiger partial charge in [0.2, 0.25) is 0 Å². The zero-order chi connectivity index (χ0) is 26.4. The highest BCUT2D eigenvalue weighted by Gasteiger charge is 2.28. The van der Waals surface area contributed by atoms with Crippen LogP contribution in [0.25, 0.3) is 21.5 Å². The van der Waals surface area contributed by atoms with Crippen LogP contribution >= 0.6 is 0 Å². The van der Waals surface area contributed by atoms with E-state index in [1.165, 1.54) is 55.2 Å². The molecule has 0 N–H and O–H groups in total.